The maximum Gasteiger partial charge on any atom is 0.312 e. The topological polar surface area (TPSA) is 89.4 Å². The minimum atomic E-state index is -0.633. The summed E-state index contributed by atoms with van der Waals surface area (Å²) in [4.78, 5) is 9.99. The summed E-state index contributed by atoms with van der Waals surface area (Å²) >= 11 is 3.14. The molecule has 0 bridgehead atoms. The van der Waals surface area contributed by atoms with E-state index < -0.39 is 11.0 Å². The SMILES string of the molecule is CC[C@H](N)c1cc(Br)cc([N+](=O)[O-])c1O.Cl. The number of nitro groups is 1. The zero-order valence-corrected chi connectivity index (χ0v) is 10.9. The number of phenolic OH excluding ortho intramolecular Hbond substituents is 1. The van der Waals surface area contributed by atoms with Crippen LogP contribution in [0.15, 0.2) is 16.6 Å². The Bertz CT molecular complexity index is 401. The first-order valence-electron chi connectivity index (χ1n) is 4.39. The van der Waals surface area contributed by atoms with Crippen LogP contribution in [0.25, 0.3) is 0 Å². The summed E-state index contributed by atoms with van der Waals surface area (Å²) in [5.41, 5.74) is 5.79. The van der Waals surface area contributed by atoms with Crippen LogP contribution in [0.1, 0.15) is 24.9 Å². The zero-order valence-electron chi connectivity index (χ0n) is 8.51. The van der Waals surface area contributed by atoms with Crippen molar-refractivity contribution in [1.29, 1.82) is 0 Å². The van der Waals surface area contributed by atoms with Crippen molar-refractivity contribution in [3.05, 3.63) is 32.3 Å². The lowest BCUT2D eigenvalue weighted by Gasteiger charge is -2.11. The first kappa shape index (κ1) is 15.2. The second-order valence-electron chi connectivity index (χ2n) is 3.13. The average molecular weight is 312 g/mol. The number of hydrogen-bond acceptors (Lipinski definition) is 4. The minimum Gasteiger partial charge on any atom is -0.502 e. The summed E-state index contributed by atoms with van der Waals surface area (Å²) in [5, 5.41) is 20.3. The van der Waals surface area contributed by atoms with Crippen LogP contribution >= 0.6 is 28.3 Å². The molecule has 1 rings (SSSR count). The van der Waals surface area contributed by atoms with Gasteiger partial charge in [-0.15, -0.1) is 12.4 Å². The molecule has 0 amide bonds. The van der Waals surface area contributed by atoms with Crippen LogP contribution in [0.4, 0.5) is 5.69 Å². The van der Waals surface area contributed by atoms with Gasteiger partial charge in [0.15, 0.2) is 5.75 Å². The van der Waals surface area contributed by atoms with E-state index in [1.165, 1.54) is 6.07 Å². The van der Waals surface area contributed by atoms with Gasteiger partial charge in [0.25, 0.3) is 0 Å². The van der Waals surface area contributed by atoms with Gasteiger partial charge in [0.05, 0.1) is 4.92 Å². The molecule has 1 aromatic rings. The molecule has 1 aromatic carbocycles. The third kappa shape index (κ3) is 3.07. The van der Waals surface area contributed by atoms with E-state index in [2.05, 4.69) is 15.9 Å². The number of nitrogens with zero attached hydrogens (tertiary/aromatic N) is 1. The standard InChI is InChI=1S/C9H11BrN2O3.ClH/c1-2-7(11)6-3-5(10)4-8(9(6)13)12(14)15;/h3-4,7,13H,2,11H2,1H3;1H/t7-;/m0./s1. The maximum absolute atomic E-state index is 10.6. The normalized spacial score (nSPS) is 11.7. The Kier molecular flexibility index (Phi) is 5.71. The number of halogens is 2. The highest BCUT2D eigenvalue weighted by Crippen LogP contribution is 2.36. The number of nitro benzene ring substituents is 1. The second kappa shape index (κ2) is 6.03. The zero-order chi connectivity index (χ0) is 11.6. The summed E-state index contributed by atoms with van der Waals surface area (Å²) in [5.74, 6) is -0.349. The number of aromatic hydroxyl groups is 1. The van der Waals surface area contributed by atoms with Crippen molar-refractivity contribution in [3.63, 3.8) is 0 Å². The lowest BCUT2D eigenvalue weighted by Crippen LogP contribution is -2.09. The van der Waals surface area contributed by atoms with E-state index in [9.17, 15) is 15.2 Å². The quantitative estimate of drug-likeness (QED) is 0.663. The molecule has 0 radical (unpaired) electrons. The van der Waals surface area contributed by atoms with Crippen LogP contribution < -0.4 is 5.73 Å². The van der Waals surface area contributed by atoms with Crippen molar-refractivity contribution in [2.24, 2.45) is 5.73 Å². The van der Waals surface area contributed by atoms with Crippen LogP contribution in [0.3, 0.4) is 0 Å². The molecule has 0 aromatic heterocycles. The Morgan fingerprint density at radius 3 is 2.62 bits per heavy atom. The van der Waals surface area contributed by atoms with Gasteiger partial charge in [-0.05, 0) is 12.5 Å². The van der Waals surface area contributed by atoms with Crippen molar-refractivity contribution in [2.45, 2.75) is 19.4 Å². The van der Waals surface area contributed by atoms with Gasteiger partial charge in [-0.25, -0.2) is 0 Å². The van der Waals surface area contributed by atoms with E-state index in [-0.39, 0.29) is 23.8 Å². The molecule has 0 aliphatic heterocycles. The fourth-order valence-corrected chi connectivity index (χ4v) is 1.71. The number of phenols is 1. The monoisotopic (exact) mass is 310 g/mol. The van der Waals surface area contributed by atoms with Crippen LogP contribution in [0.5, 0.6) is 5.75 Å². The molecule has 0 heterocycles. The molecule has 7 heteroatoms. The molecular weight excluding hydrogens is 299 g/mol. The Morgan fingerprint density at radius 1 is 1.62 bits per heavy atom. The first-order valence-corrected chi connectivity index (χ1v) is 5.19. The molecule has 90 valence electrons. The molecule has 0 saturated heterocycles. The molecule has 0 spiro atoms. The Morgan fingerprint density at radius 2 is 2.19 bits per heavy atom. The Hall–Kier alpha value is -0.850. The van der Waals surface area contributed by atoms with E-state index in [1.807, 2.05) is 6.92 Å². The fraction of sp³-hybridized carbons (Fsp3) is 0.333. The van der Waals surface area contributed by atoms with Gasteiger partial charge in [0, 0.05) is 22.1 Å². The largest absolute Gasteiger partial charge is 0.502 e. The van der Waals surface area contributed by atoms with Crippen molar-refractivity contribution in [3.8, 4) is 5.75 Å². The summed E-state index contributed by atoms with van der Waals surface area (Å²) < 4.78 is 0.533. The van der Waals surface area contributed by atoms with Crippen LogP contribution in [-0.2, 0) is 0 Å². The van der Waals surface area contributed by atoms with Gasteiger partial charge in [0.1, 0.15) is 0 Å². The number of benzene rings is 1. The summed E-state index contributed by atoms with van der Waals surface area (Å²) in [6.45, 7) is 1.84. The van der Waals surface area contributed by atoms with Gasteiger partial charge >= 0.3 is 5.69 Å². The predicted molar refractivity (Wildman–Crippen MR) is 66.9 cm³/mol. The van der Waals surface area contributed by atoms with Gasteiger partial charge < -0.3 is 10.8 Å². The van der Waals surface area contributed by atoms with Gasteiger partial charge in [0.2, 0.25) is 0 Å². The minimum absolute atomic E-state index is 0. The van der Waals surface area contributed by atoms with Crippen molar-refractivity contribution in [2.75, 3.05) is 0 Å². The summed E-state index contributed by atoms with van der Waals surface area (Å²) in [7, 11) is 0. The number of rotatable bonds is 3. The molecule has 1 atom stereocenters. The lowest BCUT2D eigenvalue weighted by atomic mass is 10.0. The fourth-order valence-electron chi connectivity index (χ4n) is 1.25. The van der Waals surface area contributed by atoms with Crippen LogP contribution in [0, 0.1) is 10.1 Å². The maximum atomic E-state index is 10.6. The molecule has 0 aliphatic rings. The van der Waals surface area contributed by atoms with E-state index in [4.69, 9.17) is 5.73 Å². The molecule has 0 unspecified atom stereocenters. The van der Waals surface area contributed by atoms with Gasteiger partial charge in [-0.3, -0.25) is 10.1 Å². The molecular formula is C9H12BrClN2O3. The smallest absolute Gasteiger partial charge is 0.312 e. The van der Waals surface area contributed by atoms with Gasteiger partial charge in [-0.2, -0.15) is 0 Å². The van der Waals surface area contributed by atoms with Crippen molar-refractivity contribution < 1.29 is 10.0 Å². The Labute approximate surface area is 107 Å². The third-order valence-electron chi connectivity index (χ3n) is 2.12. The third-order valence-corrected chi connectivity index (χ3v) is 2.58. The Balaban J connectivity index is 0.00000225. The second-order valence-corrected chi connectivity index (χ2v) is 4.05. The molecule has 0 aliphatic carbocycles. The highest BCUT2D eigenvalue weighted by molar-refractivity contribution is 9.10. The highest BCUT2D eigenvalue weighted by atomic mass is 79.9. The number of hydrogen-bond donors (Lipinski definition) is 2. The molecule has 16 heavy (non-hydrogen) atoms. The number of nitrogens with two attached hydrogens (primary N) is 1. The van der Waals surface area contributed by atoms with Crippen molar-refractivity contribution >= 4 is 34.0 Å². The first-order chi connectivity index (χ1) is 6.97. The van der Waals surface area contributed by atoms with Crippen LogP contribution in [0.2, 0.25) is 0 Å². The highest BCUT2D eigenvalue weighted by Gasteiger charge is 2.21. The molecule has 5 nitrogen and oxygen atoms in total. The summed E-state index contributed by atoms with van der Waals surface area (Å²) in [6.07, 6.45) is 0.598. The van der Waals surface area contributed by atoms with Gasteiger partial charge in [-0.1, -0.05) is 22.9 Å². The van der Waals surface area contributed by atoms with E-state index in [1.54, 1.807) is 6.07 Å². The molecule has 0 fully saturated rings. The molecule has 0 saturated carbocycles. The van der Waals surface area contributed by atoms with E-state index in [0.717, 1.165) is 0 Å². The van der Waals surface area contributed by atoms with Crippen LogP contribution in [-0.4, -0.2) is 10.0 Å². The van der Waals surface area contributed by atoms with E-state index >= 15 is 0 Å². The average Bonchev–Trinajstić information content (AvgIpc) is 2.19. The summed E-state index contributed by atoms with van der Waals surface area (Å²) in [6, 6.07) is 2.44. The van der Waals surface area contributed by atoms with E-state index in [0.29, 0.717) is 16.5 Å². The lowest BCUT2D eigenvalue weighted by molar-refractivity contribution is -0.386. The predicted octanol–water partition coefficient (Wildman–Crippen LogP) is 2.89. The van der Waals surface area contributed by atoms with Crippen molar-refractivity contribution in [1.82, 2.24) is 0 Å². The molecule has 3 N–H and O–H groups in total.